The van der Waals surface area contributed by atoms with E-state index < -0.39 is 5.97 Å². The molecular weight excluding hydrogens is 254 g/mol. The van der Waals surface area contributed by atoms with Crippen molar-refractivity contribution in [1.29, 1.82) is 0 Å². The van der Waals surface area contributed by atoms with E-state index in [0.717, 1.165) is 30.9 Å². The second-order valence-electron chi connectivity index (χ2n) is 4.38. The van der Waals surface area contributed by atoms with E-state index in [0.29, 0.717) is 5.56 Å². The van der Waals surface area contributed by atoms with Gasteiger partial charge in [-0.3, -0.25) is 0 Å². The second-order valence-corrected chi connectivity index (χ2v) is 5.13. The molecule has 18 heavy (non-hydrogen) atoms. The van der Waals surface area contributed by atoms with Crippen LogP contribution in [0, 0.1) is 5.92 Å². The summed E-state index contributed by atoms with van der Waals surface area (Å²) < 4.78 is 8.76. The number of aromatic nitrogens is 1. The molecule has 6 nitrogen and oxygen atoms in total. The molecule has 0 aliphatic carbocycles. The number of nitrogens with two attached hydrogens (primary N) is 1. The predicted octanol–water partition coefficient (Wildman–Crippen LogP) is 0.721. The Bertz CT molecular complexity index is 435. The number of methoxy groups -OCH3 is 1. The lowest BCUT2D eigenvalue weighted by Crippen LogP contribution is -2.37. The van der Waals surface area contributed by atoms with Crippen molar-refractivity contribution in [3.8, 4) is 0 Å². The zero-order valence-electron chi connectivity index (χ0n) is 10.3. The molecular formula is C11H17N3O3S. The number of piperidine rings is 1. The molecule has 1 aromatic heterocycles. The van der Waals surface area contributed by atoms with E-state index >= 15 is 0 Å². The Morgan fingerprint density at radius 3 is 3.17 bits per heavy atom. The minimum absolute atomic E-state index is 0.165. The maximum absolute atomic E-state index is 11.7. The number of carbonyl (C=O) groups excluding carboxylic acids is 1. The summed E-state index contributed by atoms with van der Waals surface area (Å²) in [7, 11) is 1.33. The van der Waals surface area contributed by atoms with Crippen LogP contribution in [0.5, 0.6) is 0 Å². The van der Waals surface area contributed by atoms with Crippen molar-refractivity contribution in [1.82, 2.24) is 4.37 Å². The van der Waals surface area contributed by atoms with Gasteiger partial charge in [0.25, 0.3) is 0 Å². The van der Waals surface area contributed by atoms with Gasteiger partial charge in [0.1, 0.15) is 10.6 Å². The highest BCUT2D eigenvalue weighted by molar-refractivity contribution is 7.11. The number of carbonyl (C=O) groups is 1. The molecule has 7 heteroatoms. The Balaban J connectivity index is 2.25. The first-order valence-corrected chi connectivity index (χ1v) is 6.64. The fraction of sp³-hybridized carbons (Fsp3) is 0.636. The van der Waals surface area contributed by atoms with Gasteiger partial charge in [0, 0.05) is 19.7 Å². The van der Waals surface area contributed by atoms with Crippen molar-refractivity contribution in [3.63, 3.8) is 0 Å². The van der Waals surface area contributed by atoms with Crippen LogP contribution in [0.15, 0.2) is 0 Å². The lowest BCUT2D eigenvalue weighted by molar-refractivity contribution is 0.0603. The van der Waals surface area contributed by atoms with Crippen molar-refractivity contribution in [2.24, 2.45) is 5.92 Å². The van der Waals surface area contributed by atoms with Crippen molar-refractivity contribution >= 4 is 28.3 Å². The van der Waals surface area contributed by atoms with E-state index in [-0.39, 0.29) is 18.3 Å². The first-order valence-electron chi connectivity index (χ1n) is 5.86. The van der Waals surface area contributed by atoms with Crippen LogP contribution in [0.3, 0.4) is 0 Å². The van der Waals surface area contributed by atoms with Gasteiger partial charge in [-0.05, 0) is 30.3 Å². The van der Waals surface area contributed by atoms with Gasteiger partial charge in [-0.1, -0.05) is 0 Å². The molecule has 1 aromatic rings. The molecule has 1 unspecified atom stereocenters. The summed E-state index contributed by atoms with van der Waals surface area (Å²) in [4.78, 5) is 13.8. The quantitative estimate of drug-likeness (QED) is 0.788. The van der Waals surface area contributed by atoms with Crippen molar-refractivity contribution < 1.29 is 14.6 Å². The number of esters is 1. The van der Waals surface area contributed by atoms with E-state index in [1.54, 1.807) is 0 Å². The number of aliphatic hydroxyl groups is 1. The van der Waals surface area contributed by atoms with E-state index in [9.17, 15) is 9.90 Å². The largest absolute Gasteiger partial charge is 0.465 e. The first-order chi connectivity index (χ1) is 8.67. The molecule has 2 heterocycles. The third-order valence-electron chi connectivity index (χ3n) is 3.15. The molecule has 0 amide bonds. The Labute approximate surface area is 110 Å². The number of aliphatic hydroxyl groups excluding tert-OH is 1. The lowest BCUT2D eigenvalue weighted by atomic mass is 9.99. The van der Waals surface area contributed by atoms with Gasteiger partial charge in [0.2, 0.25) is 0 Å². The fourth-order valence-corrected chi connectivity index (χ4v) is 3.04. The van der Waals surface area contributed by atoms with Gasteiger partial charge >= 0.3 is 5.97 Å². The fourth-order valence-electron chi connectivity index (χ4n) is 2.20. The molecule has 0 saturated carbocycles. The molecule has 2 rings (SSSR count). The standard InChI is InChI=1S/C11H17N3O3S/c1-17-11(16)8-9(12)13-18-10(8)14-4-2-3-7(5-14)6-15/h7,15H,2-6H2,1H3,(H2,12,13). The third-order valence-corrected chi connectivity index (χ3v) is 4.08. The van der Waals surface area contributed by atoms with Crippen LogP contribution in [-0.4, -0.2) is 42.3 Å². The number of hydrogen-bond donors (Lipinski definition) is 2. The van der Waals surface area contributed by atoms with Crippen molar-refractivity contribution in [2.45, 2.75) is 12.8 Å². The summed E-state index contributed by atoms with van der Waals surface area (Å²) in [5.41, 5.74) is 6.06. The zero-order chi connectivity index (χ0) is 13.1. The summed E-state index contributed by atoms with van der Waals surface area (Å²) in [5.74, 6) is 0.00270. The van der Waals surface area contributed by atoms with E-state index in [4.69, 9.17) is 10.5 Å². The highest BCUT2D eigenvalue weighted by atomic mass is 32.1. The predicted molar refractivity (Wildman–Crippen MR) is 69.9 cm³/mol. The molecule has 1 saturated heterocycles. The van der Waals surface area contributed by atoms with E-state index in [1.165, 1.54) is 18.6 Å². The summed E-state index contributed by atoms with van der Waals surface area (Å²) in [6, 6.07) is 0. The number of hydrogen-bond acceptors (Lipinski definition) is 7. The van der Waals surface area contributed by atoms with Crippen LogP contribution in [0.25, 0.3) is 0 Å². The lowest BCUT2D eigenvalue weighted by Gasteiger charge is -2.32. The Kier molecular flexibility index (Phi) is 4.03. The van der Waals surface area contributed by atoms with Crippen LogP contribution in [0.1, 0.15) is 23.2 Å². The molecule has 1 fully saturated rings. The Hall–Kier alpha value is -1.34. The number of ether oxygens (including phenoxy) is 1. The Morgan fingerprint density at radius 2 is 2.50 bits per heavy atom. The van der Waals surface area contributed by atoms with Gasteiger partial charge in [-0.15, -0.1) is 0 Å². The van der Waals surface area contributed by atoms with Gasteiger partial charge in [-0.2, -0.15) is 4.37 Å². The van der Waals surface area contributed by atoms with Gasteiger partial charge in [-0.25, -0.2) is 4.79 Å². The maximum atomic E-state index is 11.7. The number of nitrogens with zero attached hydrogens (tertiary/aromatic N) is 2. The number of rotatable bonds is 3. The summed E-state index contributed by atoms with van der Waals surface area (Å²) in [6.45, 7) is 1.74. The van der Waals surface area contributed by atoms with Crippen LogP contribution in [0.2, 0.25) is 0 Å². The smallest absolute Gasteiger partial charge is 0.344 e. The van der Waals surface area contributed by atoms with Crippen LogP contribution in [-0.2, 0) is 4.74 Å². The highest BCUT2D eigenvalue weighted by Gasteiger charge is 2.27. The molecule has 1 aliphatic rings. The van der Waals surface area contributed by atoms with Gasteiger partial charge < -0.3 is 20.5 Å². The SMILES string of the molecule is COC(=O)c1c(N)nsc1N1CCCC(CO)C1. The third kappa shape index (κ3) is 2.41. The molecule has 1 atom stereocenters. The maximum Gasteiger partial charge on any atom is 0.344 e. The molecule has 0 radical (unpaired) electrons. The highest BCUT2D eigenvalue weighted by Crippen LogP contribution is 2.33. The molecule has 3 N–H and O–H groups in total. The molecule has 0 bridgehead atoms. The van der Waals surface area contributed by atoms with Crippen LogP contribution < -0.4 is 10.6 Å². The van der Waals surface area contributed by atoms with E-state index in [1.807, 2.05) is 0 Å². The summed E-state index contributed by atoms with van der Waals surface area (Å²) >= 11 is 1.21. The van der Waals surface area contributed by atoms with Gasteiger partial charge in [0.15, 0.2) is 5.82 Å². The second kappa shape index (κ2) is 5.53. The van der Waals surface area contributed by atoms with Crippen molar-refractivity contribution in [2.75, 3.05) is 37.4 Å². The van der Waals surface area contributed by atoms with E-state index in [2.05, 4.69) is 9.27 Å². The number of anilines is 2. The van der Waals surface area contributed by atoms with Gasteiger partial charge in [0.05, 0.1) is 7.11 Å². The molecule has 0 spiro atoms. The average molecular weight is 271 g/mol. The topological polar surface area (TPSA) is 88.7 Å². The monoisotopic (exact) mass is 271 g/mol. The normalized spacial score (nSPS) is 19.9. The minimum atomic E-state index is -0.456. The average Bonchev–Trinajstić information content (AvgIpc) is 2.80. The Morgan fingerprint density at radius 1 is 1.72 bits per heavy atom. The summed E-state index contributed by atoms with van der Waals surface area (Å²) in [5, 5.41) is 9.98. The van der Waals surface area contributed by atoms with Crippen LogP contribution >= 0.6 is 11.5 Å². The minimum Gasteiger partial charge on any atom is -0.465 e. The molecule has 100 valence electrons. The van der Waals surface area contributed by atoms with Crippen LogP contribution in [0.4, 0.5) is 10.8 Å². The molecule has 0 aromatic carbocycles. The molecule has 1 aliphatic heterocycles. The van der Waals surface area contributed by atoms with Crippen molar-refractivity contribution in [3.05, 3.63) is 5.56 Å². The zero-order valence-corrected chi connectivity index (χ0v) is 11.1. The first kappa shape index (κ1) is 13.1. The number of nitrogen functional groups attached to an aromatic ring is 1. The summed E-state index contributed by atoms with van der Waals surface area (Å²) in [6.07, 6.45) is 2.00.